The standard InChI is InChI=1S/C15H20N4OS/c1-20-11-14-17-15(21-18-14)16-7-9-19-8-6-12-4-2-3-5-13(12)10-19/h2-5H,6-11H2,1H3,(H,16,17,18). The first-order chi connectivity index (χ1) is 10.3. The van der Waals surface area contributed by atoms with Crippen molar-refractivity contribution in [2.75, 3.05) is 32.1 Å². The van der Waals surface area contributed by atoms with Gasteiger partial charge < -0.3 is 10.1 Å². The average molecular weight is 304 g/mol. The Kier molecular flexibility index (Phi) is 4.80. The summed E-state index contributed by atoms with van der Waals surface area (Å²) in [5.41, 5.74) is 2.96. The summed E-state index contributed by atoms with van der Waals surface area (Å²) in [6, 6.07) is 8.72. The van der Waals surface area contributed by atoms with Crippen molar-refractivity contribution in [3.63, 3.8) is 0 Å². The normalized spacial score (nSPS) is 14.9. The first kappa shape index (κ1) is 14.4. The Morgan fingerprint density at radius 3 is 3.05 bits per heavy atom. The van der Waals surface area contributed by atoms with Crippen LogP contribution < -0.4 is 5.32 Å². The maximum atomic E-state index is 5.02. The van der Waals surface area contributed by atoms with E-state index in [9.17, 15) is 0 Å². The SMILES string of the molecule is COCc1nsc(NCCN2CCc3ccccc3C2)n1. The van der Waals surface area contributed by atoms with E-state index in [0.29, 0.717) is 6.61 Å². The van der Waals surface area contributed by atoms with Crippen LogP contribution in [0.25, 0.3) is 0 Å². The van der Waals surface area contributed by atoms with E-state index in [-0.39, 0.29) is 0 Å². The minimum atomic E-state index is 0.473. The number of nitrogens with one attached hydrogen (secondary N) is 1. The lowest BCUT2D eigenvalue weighted by Crippen LogP contribution is -2.34. The number of fused-ring (bicyclic) bond motifs is 1. The maximum absolute atomic E-state index is 5.02. The van der Waals surface area contributed by atoms with E-state index in [1.165, 1.54) is 22.7 Å². The number of ether oxygens (including phenoxy) is 1. The molecule has 0 fully saturated rings. The van der Waals surface area contributed by atoms with Gasteiger partial charge in [0.25, 0.3) is 0 Å². The van der Waals surface area contributed by atoms with Gasteiger partial charge in [-0.15, -0.1) is 0 Å². The summed E-state index contributed by atoms with van der Waals surface area (Å²) in [7, 11) is 1.66. The zero-order valence-corrected chi connectivity index (χ0v) is 13.0. The van der Waals surface area contributed by atoms with Gasteiger partial charge in [0, 0.05) is 44.8 Å². The molecule has 0 saturated carbocycles. The lowest BCUT2D eigenvalue weighted by atomic mass is 10.00. The van der Waals surface area contributed by atoms with E-state index in [0.717, 1.165) is 43.6 Å². The van der Waals surface area contributed by atoms with Gasteiger partial charge in [-0.2, -0.15) is 4.37 Å². The van der Waals surface area contributed by atoms with Crippen LogP contribution in [0.15, 0.2) is 24.3 Å². The molecule has 0 spiro atoms. The van der Waals surface area contributed by atoms with E-state index in [4.69, 9.17) is 4.74 Å². The quantitative estimate of drug-likeness (QED) is 0.886. The van der Waals surface area contributed by atoms with Crippen molar-refractivity contribution in [3.8, 4) is 0 Å². The van der Waals surface area contributed by atoms with E-state index in [1.807, 2.05) is 0 Å². The van der Waals surface area contributed by atoms with Crippen LogP contribution in [0, 0.1) is 0 Å². The van der Waals surface area contributed by atoms with Crippen LogP contribution in [0.2, 0.25) is 0 Å². The second-order valence-electron chi connectivity index (χ2n) is 5.17. The fraction of sp³-hybridized carbons (Fsp3) is 0.467. The molecule has 0 aliphatic carbocycles. The summed E-state index contributed by atoms with van der Waals surface area (Å²) < 4.78 is 9.25. The highest BCUT2D eigenvalue weighted by Gasteiger charge is 2.15. The van der Waals surface area contributed by atoms with Gasteiger partial charge in [-0.25, -0.2) is 4.98 Å². The third-order valence-corrected chi connectivity index (χ3v) is 4.37. The Morgan fingerprint density at radius 2 is 2.19 bits per heavy atom. The van der Waals surface area contributed by atoms with Crippen LogP contribution in [0.3, 0.4) is 0 Å². The fourth-order valence-corrected chi connectivity index (χ4v) is 3.18. The molecule has 0 atom stereocenters. The summed E-state index contributed by atoms with van der Waals surface area (Å²) in [6.07, 6.45) is 1.15. The molecule has 6 heteroatoms. The van der Waals surface area contributed by atoms with Crippen LogP contribution in [0.5, 0.6) is 0 Å². The summed E-state index contributed by atoms with van der Waals surface area (Å²) in [5, 5.41) is 4.22. The molecule has 1 N–H and O–H groups in total. The Hall–Kier alpha value is -1.50. The molecule has 0 saturated heterocycles. The Bertz CT molecular complexity index is 587. The molecule has 1 aromatic heterocycles. The highest BCUT2D eigenvalue weighted by molar-refractivity contribution is 7.09. The molecule has 5 nitrogen and oxygen atoms in total. The van der Waals surface area contributed by atoms with Gasteiger partial charge in [0.05, 0.1) is 0 Å². The van der Waals surface area contributed by atoms with Crippen molar-refractivity contribution in [1.82, 2.24) is 14.3 Å². The van der Waals surface area contributed by atoms with Gasteiger partial charge >= 0.3 is 0 Å². The molecule has 1 aliphatic heterocycles. The number of methoxy groups -OCH3 is 1. The zero-order chi connectivity index (χ0) is 14.5. The molecule has 2 heterocycles. The van der Waals surface area contributed by atoms with Gasteiger partial charge in [0.1, 0.15) is 6.61 Å². The number of anilines is 1. The van der Waals surface area contributed by atoms with Crippen LogP contribution in [0.4, 0.5) is 5.13 Å². The second kappa shape index (κ2) is 6.98. The van der Waals surface area contributed by atoms with Gasteiger partial charge in [-0.1, -0.05) is 24.3 Å². The Labute approximate surface area is 129 Å². The molecule has 1 aliphatic rings. The van der Waals surface area contributed by atoms with Crippen LogP contribution in [0.1, 0.15) is 17.0 Å². The monoisotopic (exact) mass is 304 g/mol. The van der Waals surface area contributed by atoms with Crippen molar-refractivity contribution in [3.05, 3.63) is 41.2 Å². The molecule has 21 heavy (non-hydrogen) atoms. The van der Waals surface area contributed by atoms with Crippen molar-refractivity contribution >= 4 is 16.7 Å². The van der Waals surface area contributed by atoms with Gasteiger partial charge in [-0.05, 0) is 17.5 Å². The smallest absolute Gasteiger partial charge is 0.202 e. The third kappa shape index (κ3) is 3.78. The number of hydrogen-bond donors (Lipinski definition) is 1. The molecule has 0 radical (unpaired) electrons. The first-order valence-electron chi connectivity index (χ1n) is 7.19. The summed E-state index contributed by atoms with van der Waals surface area (Å²) in [6.45, 7) is 4.56. The highest BCUT2D eigenvalue weighted by atomic mass is 32.1. The summed E-state index contributed by atoms with van der Waals surface area (Å²) in [5.74, 6) is 0.747. The number of rotatable bonds is 6. The van der Waals surface area contributed by atoms with E-state index >= 15 is 0 Å². The molecular weight excluding hydrogens is 284 g/mol. The first-order valence-corrected chi connectivity index (χ1v) is 7.97. The number of nitrogens with zero attached hydrogens (tertiary/aromatic N) is 3. The fourth-order valence-electron chi connectivity index (χ4n) is 2.58. The molecular formula is C15H20N4OS. The van der Waals surface area contributed by atoms with E-state index in [2.05, 4.69) is 43.8 Å². The van der Waals surface area contributed by atoms with Gasteiger partial charge in [0.2, 0.25) is 5.13 Å². The predicted molar refractivity (Wildman–Crippen MR) is 84.5 cm³/mol. The topological polar surface area (TPSA) is 50.3 Å². The Balaban J connectivity index is 1.46. The van der Waals surface area contributed by atoms with Crippen molar-refractivity contribution < 1.29 is 4.74 Å². The minimum absolute atomic E-state index is 0.473. The average Bonchev–Trinajstić information content (AvgIpc) is 2.95. The molecule has 0 unspecified atom stereocenters. The maximum Gasteiger partial charge on any atom is 0.202 e. The molecule has 112 valence electrons. The number of aromatic nitrogens is 2. The lowest BCUT2D eigenvalue weighted by molar-refractivity contribution is 0.179. The van der Waals surface area contributed by atoms with Crippen LogP contribution >= 0.6 is 11.5 Å². The van der Waals surface area contributed by atoms with Gasteiger partial charge in [0.15, 0.2) is 5.82 Å². The molecule has 3 rings (SSSR count). The second-order valence-corrected chi connectivity index (χ2v) is 5.92. The molecule has 1 aromatic carbocycles. The lowest BCUT2D eigenvalue weighted by Gasteiger charge is -2.28. The van der Waals surface area contributed by atoms with Crippen molar-refractivity contribution in [1.29, 1.82) is 0 Å². The molecule has 0 bridgehead atoms. The zero-order valence-electron chi connectivity index (χ0n) is 12.2. The number of hydrogen-bond acceptors (Lipinski definition) is 6. The van der Waals surface area contributed by atoms with Crippen LogP contribution in [-0.4, -0.2) is 41.0 Å². The summed E-state index contributed by atoms with van der Waals surface area (Å²) in [4.78, 5) is 6.85. The van der Waals surface area contributed by atoms with Crippen molar-refractivity contribution in [2.45, 2.75) is 19.6 Å². The largest absolute Gasteiger partial charge is 0.377 e. The molecule has 0 amide bonds. The third-order valence-electron chi connectivity index (χ3n) is 3.66. The molecule has 2 aromatic rings. The predicted octanol–water partition coefficient (Wildman–Crippen LogP) is 2.15. The Morgan fingerprint density at radius 1 is 1.33 bits per heavy atom. The minimum Gasteiger partial charge on any atom is -0.377 e. The number of benzene rings is 1. The van der Waals surface area contributed by atoms with E-state index < -0.39 is 0 Å². The van der Waals surface area contributed by atoms with Crippen molar-refractivity contribution in [2.24, 2.45) is 0 Å². The van der Waals surface area contributed by atoms with Crippen LogP contribution in [-0.2, 0) is 24.3 Å². The van der Waals surface area contributed by atoms with Gasteiger partial charge in [-0.3, -0.25) is 4.90 Å². The highest BCUT2D eigenvalue weighted by Crippen LogP contribution is 2.18. The summed E-state index contributed by atoms with van der Waals surface area (Å²) >= 11 is 1.39. The van der Waals surface area contributed by atoms with E-state index in [1.54, 1.807) is 7.11 Å².